The van der Waals surface area contributed by atoms with Gasteiger partial charge in [0.25, 0.3) is 5.56 Å². The van der Waals surface area contributed by atoms with E-state index in [0.717, 1.165) is 16.5 Å². The van der Waals surface area contributed by atoms with E-state index in [2.05, 4.69) is 26.1 Å². The number of phenolic OH excluding ortho intramolecular Hbond substituents is 1. The highest BCUT2D eigenvalue weighted by molar-refractivity contribution is 5.89. The molecule has 172 valence electrons. The van der Waals surface area contributed by atoms with E-state index < -0.39 is 11.6 Å². The normalized spacial score (nSPS) is 19.2. The van der Waals surface area contributed by atoms with Crippen LogP contribution in [0.2, 0.25) is 0 Å². The maximum atomic E-state index is 13.3. The van der Waals surface area contributed by atoms with E-state index in [-0.39, 0.29) is 29.9 Å². The van der Waals surface area contributed by atoms with Gasteiger partial charge in [-0.05, 0) is 51.5 Å². The Kier molecular flexibility index (Phi) is 4.67. The third-order valence-electron chi connectivity index (χ3n) is 6.57. The number of cyclic esters (lactones) is 1. The summed E-state index contributed by atoms with van der Waals surface area (Å²) < 4.78 is 6.73. The number of rotatable bonds is 3. The zero-order valence-electron chi connectivity index (χ0n) is 19.2. The lowest BCUT2D eigenvalue weighted by Crippen LogP contribution is -2.44. The predicted molar refractivity (Wildman–Crippen MR) is 123 cm³/mol. The molecule has 0 spiro atoms. The number of carbonyl (C=O) groups is 1. The number of benzene rings is 1. The number of hydrogen-bond acceptors (Lipinski definition) is 7. The molecule has 1 aromatic carbocycles. The molecule has 1 atom stereocenters. The topological polar surface area (TPSA) is 114 Å². The molecule has 2 aliphatic heterocycles. The molecule has 0 fully saturated rings. The van der Waals surface area contributed by atoms with Crippen LogP contribution in [0.1, 0.15) is 56.4 Å². The number of aliphatic hydroxyl groups is 1. The van der Waals surface area contributed by atoms with Gasteiger partial charge in [-0.15, -0.1) is 0 Å². The summed E-state index contributed by atoms with van der Waals surface area (Å²) in [6, 6.07) is 7.05. The van der Waals surface area contributed by atoms with E-state index in [0.29, 0.717) is 41.1 Å². The lowest BCUT2D eigenvalue weighted by atomic mass is 9.86. The van der Waals surface area contributed by atoms with Crippen molar-refractivity contribution in [3.63, 3.8) is 0 Å². The fourth-order valence-corrected chi connectivity index (χ4v) is 4.64. The third kappa shape index (κ3) is 3.24. The van der Waals surface area contributed by atoms with Crippen LogP contribution >= 0.6 is 0 Å². The van der Waals surface area contributed by atoms with Crippen LogP contribution in [0.3, 0.4) is 0 Å². The number of nitrogens with one attached hydrogen (secondary N) is 1. The van der Waals surface area contributed by atoms with E-state index in [1.165, 1.54) is 0 Å². The van der Waals surface area contributed by atoms with E-state index in [1.54, 1.807) is 29.7 Å². The Balaban J connectivity index is 1.69. The molecule has 5 rings (SSSR count). The first kappa shape index (κ1) is 21.6. The van der Waals surface area contributed by atoms with Crippen molar-refractivity contribution >= 4 is 16.9 Å². The van der Waals surface area contributed by atoms with Crippen LogP contribution in [0, 0.1) is 0 Å². The van der Waals surface area contributed by atoms with Gasteiger partial charge in [0.05, 0.1) is 29.0 Å². The average molecular weight is 450 g/mol. The quantitative estimate of drug-likeness (QED) is 0.412. The van der Waals surface area contributed by atoms with E-state index in [9.17, 15) is 19.8 Å². The van der Waals surface area contributed by atoms with Gasteiger partial charge in [-0.2, -0.15) is 0 Å². The van der Waals surface area contributed by atoms with Gasteiger partial charge in [0, 0.05) is 34.2 Å². The van der Waals surface area contributed by atoms with E-state index in [1.807, 2.05) is 6.07 Å². The van der Waals surface area contributed by atoms with Crippen LogP contribution in [0.15, 0.2) is 29.1 Å². The van der Waals surface area contributed by atoms with Crippen LogP contribution in [-0.2, 0) is 34.8 Å². The van der Waals surface area contributed by atoms with Crippen molar-refractivity contribution in [2.75, 3.05) is 0 Å². The summed E-state index contributed by atoms with van der Waals surface area (Å²) in [4.78, 5) is 30.4. The predicted octanol–water partition coefficient (Wildman–Crippen LogP) is 2.67. The Bertz CT molecular complexity index is 1390. The van der Waals surface area contributed by atoms with Crippen molar-refractivity contribution < 1.29 is 19.7 Å². The molecule has 2 aliphatic rings. The molecule has 4 heterocycles. The molecular weight excluding hydrogens is 422 g/mol. The van der Waals surface area contributed by atoms with Gasteiger partial charge < -0.3 is 24.8 Å². The van der Waals surface area contributed by atoms with Crippen LogP contribution in [-0.4, -0.2) is 31.3 Å². The molecule has 2 aromatic heterocycles. The minimum atomic E-state index is -1.85. The van der Waals surface area contributed by atoms with Crippen LogP contribution in [0.4, 0.5) is 0 Å². The number of aromatic nitrogens is 2. The zero-order chi connectivity index (χ0) is 23.7. The Labute approximate surface area is 190 Å². The summed E-state index contributed by atoms with van der Waals surface area (Å²) in [5, 5.41) is 25.7. The Hall–Kier alpha value is -3.23. The second-order valence-corrected chi connectivity index (χ2v) is 9.83. The number of phenols is 1. The summed E-state index contributed by atoms with van der Waals surface area (Å²) in [6.45, 7) is 8.49. The highest BCUT2D eigenvalue weighted by atomic mass is 16.6. The molecule has 3 N–H and O–H groups in total. The fourth-order valence-electron chi connectivity index (χ4n) is 4.64. The standard InChI is InChI=1S/C25H27N3O5/c1-5-25(32)17-9-19-21-13(11-28(19)22(30)16(17)12-33-23(25)31)8-14-15(10-26-24(2,3)4)20(29)7-6-18(14)27-21/h6-9,26,29,32H,5,10-12H2,1-4H3. The highest BCUT2D eigenvalue weighted by Crippen LogP contribution is 2.39. The molecule has 1 unspecified atom stereocenters. The molecule has 0 bridgehead atoms. The number of esters is 1. The van der Waals surface area contributed by atoms with Gasteiger partial charge in [-0.3, -0.25) is 4.79 Å². The minimum absolute atomic E-state index is 0.100. The lowest BCUT2D eigenvalue weighted by molar-refractivity contribution is -0.172. The maximum Gasteiger partial charge on any atom is 0.343 e. The second-order valence-electron chi connectivity index (χ2n) is 9.83. The number of nitrogens with zero attached hydrogens (tertiary/aromatic N) is 2. The largest absolute Gasteiger partial charge is 0.508 e. The number of ether oxygens (including phenoxy) is 1. The molecule has 33 heavy (non-hydrogen) atoms. The molecule has 3 aromatic rings. The van der Waals surface area contributed by atoms with Gasteiger partial charge in [0.1, 0.15) is 12.4 Å². The molecule has 0 amide bonds. The van der Waals surface area contributed by atoms with E-state index in [4.69, 9.17) is 9.72 Å². The van der Waals surface area contributed by atoms with Crippen molar-refractivity contribution in [1.29, 1.82) is 0 Å². The summed E-state index contributed by atoms with van der Waals surface area (Å²) in [5.41, 5.74) is 1.83. The Morgan fingerprint density at radius 1 is 1.24 bits per heavy atom. The molecule has 0 saturated carbocycles. The second kappa shape index (κ2) is 7.13. The van der Waals surface area contributed by atoms with Gasteiger partial charge in [0.15, 0.2) is 5.60 Å². The smallest absolute Gasteiger partial charge is 0.343 e. The van der Waals surface area contributed by atoms with Crippen molar-refractivity contribution in [2.24, 2.45) is 0 Å². The molecule has 0 saturated heterocycles. The summed E-state index contributed by atoms with van der Waals surface area (Å²) in [5.74, 6) is -0.550. The molecular formula is C25H27N3O5. The first-order chi connectivity index (χ1) is 15.5. The first-order valence-corrected chi connectivity index (χ1v) is 11.1. The number of aromatic hydroxyl groups is 1. The number of fused-ring (bicyclic) bond motifs is 5. The average Bonchev–Trinajstić information content (AvgIpc) is 3.12. The SMILES string of the molecule is CCC1(O)C(=O)OCc2c1cc1n(c2=O)Cc2cc3c(CNC(C)(C)C)c(O)ccc3nc2-1. The number of pyridine rings is 2. The number of hydrogen-bond donors (Lipinski definition) is 3. The molecule has 8 nitrogen and oxygen atoms in total. The Morgan fingerprint density at radius 2 is 2.00 bits per heavy atom. The Morgan fingerprint density at radius 3 is 2.70 bits per heavy atom. The summed E-state index contributed by atoms with van der Waals surface area (Å²) in [6.07, 6.45) is 0.100. The van der Waals surface area contributed by atoms with Crippen molar-refractivity contribution in [2.45, 2.75) is 65.0 Å². The van der Waals surface area contributed by atoms with Gasteiger partial charge in [-0.1, -0.05) is 6.92 Å². The number of carbonyl (C=O) groups excluding carboxylic acids is 1. The highest BCUT2D eigenvalue weighted by Gasteiger charge is 2.45. The van der Waals surface area contributed by atoms with Crippen LogP contribution < -0.4 is 10.9 Å². The van der Waals surface area contributed by atoms with Crippen molar-refractivity contribution in [1.82, 2.24) is 14.9 Å². The van der Waals surface area contributed by atoms with Crippen LogP contribution in [0.5, 0.6) is 5.75 Å². The fraction of sp³-hybridized carbons (Fsp3) is 0.400. The van der Waals surface area contributed by atoms with Crippen LogP contribution in [0.25, 0.3) is 22.3 Å². The summed E-state index contributed by atoms with van der Waals surface area (Å²) in [7, 11) is 0. The first-order valence-electron chi connectivity index (χ1n) is 11.1. The monoisotopic (exact) mass is 449 g/mol. The molecule has 8 heteroatoms. The third-order valence-corrected chi connectivity index (χ3v) is 6.57. The van der Waals surface area contributed by atoms with E-state index >= 15 is 0 Å². The lowest BCUT2D eigenvalue weighted by Gasteiger charge is -2.31. The maximum absolute atomic E-state index is 13.3. The van der Waals surface area contributed by atoms with Gasteiger partial charge in [0.2, 0.25) is 0 Å². The van der Waals surface area contributed by atoms with Gasteiger partial charge in [-0.25, -0.2) is 9.78 Å². The molecule has 0 radical (unpaired) electrons. The van der Waals surface area contributed by atoms with Crippen molar-refractivity contribution in [3.8, 4) is 17.1 Å². The molecule has 0 aliphatic carbocycles. The minimum Gasteiger partial charge on any atom is -0.508 e. The van der Waals surface area contributed by atoms with Gasteiger partial charge >= 0.3 is 5.97 Å². The van der Waals surface area contributed by atoms with Crippen molar-refractivity contribution in [3.05, 3.63) is 56.9 Å². The zero-order valence-corrected chi connectivity index (χ0v) is 19.2. The summed E-state index contributed by atoms with van der Waals surface area (Å²) >= 11 is 0.